The van der Waals surface area contributed by atoms with Gasteiger partial charge in [0.15, 0.2) is 6.61 Å². The van der Waals surface area contributed by atoms with Crippen LogP contribution < -0.4 is 26.6 Å². The summed E-state index contributed by atoms with van der Waals surface area (Å²) in [7, 11) is 0. The fourth-order valence-electron chi connectivity index (χ4n) is 4.35. The predicted octanol–water partition coefficient (Wildman–Crippen LogP) is 2.14. The number of carbonyl (C=O) groups is 1. The molecule has 0 aliphatic carbocycles. The van der Waals surface area contributed by atoms with Crippen LogP contribution in [0.2, 0.25) is 0 Å². The smallest absolute Gasteiger partial charge is 0.271 e. The van der Waals surface area contributed by atoms with Crippen molar-refractivity contribution < 1.29 is 9.53 Å². The van der Waals surface area contributed by atoms with E-state index in [1.54, 1.807) is 0 Å². The minimum absolute atomic E-state index is 0.125. The van der Waals surface area contributed by atoms with Crippen molar-refractivity contribution in [2.75, 3.05) is 31.1 Å². The minimum atomic E-state index is -0.381. The summed E-state index contributed by atoms with van der Waals surface area (Å²) in [6.07, 6.45) is 3.13. The topological polar surface area (TPSA) is 121 Å². The number of carbonyl (C=O) groups excluding carboxylic acids is 1. The first-order valence-corrected chi connectivity index (χ1v) is 11.5. The summed E-state index contributed by atoms with van der Waals surface area (Å²) < 4.78 is 5.49. The van der Waals surface area contributed by atoms with Crippen molar-refractivity contribution in [1.29, 1.82) is 5.26 Å². The maximum Gasteiger partial charge on any atom is 0.271 e. The summed E-state index contributed by atoms with van der Waals surface area (Å²) in [5.41, 5.74) is 10.7. The average molecular weight is 451 g/mol. The molecule has 1 aliphatic rings. The van der Waals surface area contributed by atoms with Crippen LogP contribution in [-0.4, -0.2) is 49.1 Å². The fourth-order valence-corrected chi connectivity index (χ4v) is 4.35. The molecule has 1 unspecified atom stereocenters. The van der Waals surface area contributed by atoms with Gasteiger partial charge in [0, 0.05) is 37.4 Å². The highest BCUT2D eigenvalue weighted by Gasteiger charge is 2.27. The molecule has 1 aliphatic heterocycles. The standard InChI is InChI=1S/C25H34N6O2/c1-19(9-12-26)30-13-10-23(11-14-30)31(17-21-4-2-3-20(15-21)16-27)22-5-7-24(8-6-22)33-18-25(32)29-28/h2-8,15,19,23H,9-14,17-18,26,28H2,1H3,(H,29,32). The normalized spacial score (nSPS) is 15.5. The Morgan fingerprint density at radius 2 is 2.00 bits per heavy atom. The van der Waals surface area contributed by atoms with Gasteiger partial charge in [-0.3, -0.25) is 10.2 Å². The highest BCUT2D eigenvalue weighted by molar-refractivity contribution is 5.76. The van der Waals surface area contributed by atoms with Crippen molar-refractivity contribution in [3.8, 4) is 11.8 Å². The van der Waals surface area contributed by atoms with E-state index in [1.807, 2.05) is 42.5 Å². The van der Waals surface area contributed by atoms with Gasteiger partial charge in [0.05, 0.1) is 11.6 Å². The molecular formula is C25H34N6O2. The van der Waals surface area contributed by atoms with Crippen LogP contribution in [0.5, 0.6) is 5.75 Å². The van der Waals surface area contributed by atoms with Crippen molar-refractivity contribution in [2.45, 2.75) is 44.8 Å². The van der Waals surface area contributed by atoms with Crippen LogP contribution in [0.1, 0.15) is 37.3 Å². The van der Waals surface area contributed by atoms with Gasteiger partial charge in [0.1, 0.15) is 5.75 Å². The Morgan fingerprint density at radius 1 is 1.27 bits per heavy atom. The maximum absolute atomic E-state index is 11.3. The number of ether oxygens (including phenoxy) is 1. The van der Waals surface area contributed by atoms with E-state index in [-0.39, 0.29) is 12.5 Å². The molecule has 8 nitrogen and oxygen atoms in total. The van der Waals surface area contributed by atoms with Crippen LogP contribution in [0, 0.1) is 11.3 Å². The summed E-state index contributed by atoms with van der Waals surface area (Å²) in [5, 5.41) is 9.30. The zero-order valence-corrected chi connectivity index (χ0v) is 19.2. The Kier molecular flexibility index (Phi) is 9.07. The van der Waals surface area contributed by atoms with Gasteiger partial charge in [-0.2, -0.15) is 5.26 Å². The number of rotatable bonds is 10. The van der Waals surface area contributed by atoms with Gasteiger partial charge < -0.3 is 20.3 Å². The van der Waals surface area contributed by atoms with Gasteiger partial charge in [-0.15, -0.1) is 0 Å². The molecule has 5 N–H and O–H groups in total. The molecular weight excluding hydrogens is 416 g/mol. The van der Waals surface area contributed by atoms with E-state index >= 15 is 0 Å². The zero-order chi connectivity index (χ0) is 23.6. The predicted molar refractivity (Wildman–Crippen MR) is 129 cm³/mol. The fraction of sp³-hybridized carbons (Fsp3) is 0.440. The number of likely N-dealkylation sites (tertiary alicyclic amines) is 1. The molecule has 2 aromatic carbocycles. The highest BCUT2D eigenvalue weighted by atomic mass is 16.5. The number of anilines is 1. The first-order chi connectivity index (χ1) is 16.0. The molecule has 3 rings (SSSR count). The third-order valence-electron chi connectivity index (χ3n) is 6.26. The van der Waals surface area contributed by atoms with Gasteiger partial charge >= 0.3 is 0 Å². The number of nitrogens with zero attached hydrogens (tertiary/aromatic N) is 3. The van der Waals surface area contributed by atoms with E-state index in [9.17, 15) is 10.1 Å². The largest absolute Gasteiger partial charge is 0.484 e. The molecule has 0 aromatic heterocycles. The molecule has 0 spiro atoms. The number of amides is 1. The van der Waals surface area contributed by atoms with E-state index in [2.05, 4.69) is 34.3 Å². The Labute approximate surface area is 196 Å². The Morgan fingerprint density at radius 3 is 2.64 bits per heavy atom. The molecule has 0 bridgehead atoms. The lowest BCUT2D eigenvalue weighted by molar-refractivity contribution is -0.123. The Balaban J connectivity index is 1.76. The van der Waals surface area contributed by atoms with E-state index in [0.29, 0.717) is 36.5 Å². The van der Waals surface area contributed by atoms with E-state index in [1.165, 1.54) is 0 Å². The lowest BCUT2D eigenvalue weighted by Crippen LogP contribution is -2.47. The Bertz CT molecular complexity index is 935. The minimum Gasteiger partial charge on any atom is -0.484 e. The van der Waals surface area contributed by atoms with E-state index in [4.69, 9.17) is 16.3 Å². The molecule has 176 valence electrons. The number of benzene rings is 2. The lowest BCUT2D eigenvalue weighted by atomic mass is 9.99. The van der Waals surface area contributed by atoms with Crippen LogP contribution in [0.15, 0.2) is 48.5 Å². The third kappa shape index (κ3) is 6.93. The molecule has 1 heterocycles. The van der Waals surface area contributed by atoms with Crippen molar-refractivity contribution >= 4 is 11.6 Å². The molecule has 1 fully saturated rings. The first-order valence-electron chi connectivity index (χ1n) is 11.5. The van der Waals surface area contributed by atoms with Gasteiger partial charge in [0.25, 0.3) is 5.91 Å². The second-order valence-corrected chi connectivity index (χ2v) is 8.48. The molecule has 2 aromatic rings. The van der Waals surface area contributed by atoms with Gasteiger partial charge in [-0.1, -0.05) is 12.1 Å². The van der Waals surface area contributed by atoms with E-state index < -0.39 is 0 Å². The number of nitriles is 1. The van der Waals surface area contributed by atoms with Crippen LogP contribution in [0.25, 0.3) is 0 Å². The second-order valence-electron chi connectivity index (χ2n) is 8.48. The Hall–Kier alpha value is -3.12. The molecule has 0 saturated carbocycles. The number of nitrogens with one attached hydrogen (secondary N) is 1. The first kappa shape index (κ1) is 24.5. The second kappa shape index (κ2) is 12.2. The number of hydrazine groups is 1. The van der Waals surface area contributed by atoms with Crippen molar-refractivity contribution in [1.82, 2.24) is 10.3 Å². The number of hydrogen-bond acceptors (Lipinski definition) is 7. The molecule has 8 heteroatoms. The molecule has 0 radical (unpaired) electrons. The van der Waals surface area contributed by atoms with Gasteiger partial charge in [-0.05, 0) is 74.7 Å². The van der Waals surface area contributed by atoms with Crippen LogP contribution >= 0.6 is 0 Å². The summed E-state index contributed by atoms with van der Waals surface area (Å²) >= 11 is 0. The quantitative estimate of drug-likeness (QED) is 0.288. The van der Waals surface area contributed by atoms with Crippen LogP contribution in [0.4, 0.5) is 5.69 Å². The summed E-state index contributed by atoms with van der Waals surface area (Å²) in [4.78, 5) is 16.3. The maximum atomic E-state index is 11.3. The molecule has 33 heavy (non-hydrogen) atoms. The van der Waals surface area contributed by atoms with Gasteiger partial charge in [0.2, 0.25) is 0 Å². The summed E-state index contributed by atoms with van der Waals surface area (Å²) in [5.74, 6) is 5.34. The molecule has 1 atom stereocenters. The number of nitrogens with two attached hydrogens (primary N) is 2. The summed E-state index contributed by atoms with van der Waals surface area (Å²) in [6, 6.07) is 18.7. The molecule has 1 amide bonds. The van der Waals surface area contributed by atoms with Crippen molar-refractivity contribution in [3.63, 3.8) is 0 Å². The van der Waals surface area contributed by atoms with Crippen molar-refractivity contribution in [2.24, 2.45) is 11.6 Å². The SMILES string of the molecule is CC(CCN)N1CCC(N(Cc2cccc(C#N)c2)c2ccc(OCC(=O)NN)cc2)CC1. The summed E-state index contributed by atoms with van der Waals surface area (Å²) in [6.45, 7) is 5.63. The van der Waals surface area contributed by atoms with Crippen LogP contribution in [-0.2, 0) is 11.3 Å². The number of piperidine rings is 1. The van der Waals surface area contributed by atoms with E-state index in [0.717, 1.165) is 43.6 Å². The third-order valence-corrected chi connectivity index (χ3v) is 6.26. The van der Waals surface area contributed by atoms with Crippen LogP contribution in [0.3, 0.4) is 0 Å². The molecule has 1 saturated heterocycles. The lowest BCUT2D eigenvalue weighted by Gasteiger charge is -2.42. The number of hydrogen-bond donors (Lipinski definition) is 3. The average Bonchev–Trinajstić information content (AvgIpc) is 2.86. The zero-order valence-electron chi connectivity index (χ0n) is 19.2. The van der Waals surface area contributed by atoms with Crippen molar-refractivity contribution in [3.05, 3.63) is 59.7 Å². The van der Waals surface area contributed by atoms with Gasteiger partial charge in [-0.25, -0.2) is 5.84 Å². The monoisotopic (exact) mass is 450 g/mol. The highest BCUT2D eigenvalue weighted by Crippen LogP contribution is 2.28.